The number of ether oxygens (including phenoxy) is 1. The maximum absolute atomic E-state index is 12.0. The topological polar surface area (TPSA) is 67.8 Å². The SMILES string of the molecule is O=C(CSCc1ccccc1Cl)NN=Cc1ccc(OC(=O)c2ccccc2)cc1. The van der Waals surface area contributed by atoms with Gasteiger partial charge in [0.05, 0.1) is 17.5 Å². The van der Waals surface area contributed by atoms with Crippen LogP contribution in [0.1, 0.15) is 21.5 Å². The molecule has 0 aliphatic carbocycles. The number of carbonyl (C=O) groups excluding carboxylic acids is 2. The van der Waals surface area contributed by atoms with E-state index in [1.54, 1.807) is 48.5 Å². The normalized spacial score (nSPS) is 10.7. The summed E-state index contributed by atoms with van der Waals surface area (Å²) in [5, 5.41) is 4.65. The van der Waals surface area contributed by atoms with Crippen molar-refractivity contribution >= 4 is 41.5 Å². The fraction of sp³-hybridized carbons (Fsp3) is 0.0870. The molecule has 152 valence electrons. The third-order valence-electron chi connectivity index (χ3n) is 3.95. The Balaban J connectivity index is 1.42. The molecule has 0 heterocycles. The predicted molar refractivity (Wildman–Crippen MR) is 121 cm³/mol. The summed E-state index contributed by atoms with van der Waals surface area (Å²) in [4.78, 5) is 23.9. The lowest BCUT2D eigenvalue weighted by Crippen LogP contribution is -2.19. The number of carbonyl (C=O) groups is 2. The van der Waals surface area contributed by atoms with Crippen molar-refractivity contribution in [2.45, 2.75) is 5.75 Å². The van der Waals surface area contributed by atoms with E-state index >= 15 is 0 Å². The summed E-state index contributed by atoms with van der Waals surface area (Å²) >= 11 is 7.56. The number of rotatable bonds is 8. The van der Waals surface area contributed by atoms with E-state index in [0.29, 0.717) is 22.1 Å². The van der Waals surface area contributed by atoms with Crippen LogP contribution >= 0.6 is 23.4 Å². The van der Waals surface area contributed by atoms with Crippen molar-refractivity contribution in [1.29, 1.82) is 0 Å². The molecule has 0 spiro atoms. The van der Waals surface area contributed by atoms with E-state index in [2.05, 4.69) is 10.5 Å². The summed E-state index contributed by atoms with van der Waals surface area (Å²) in [5.74, 6) is 0.744. The highest BCUT2D eigenvalue weighted by molar-refractivity contribution is 7.99. The molecule has 0 aromatic heterocycles. The quantitative estimate of drug-likeness (QED) is 0.234. The summed E-state index contributed by atoms with van der Waals surface area (Å²) in [6.07, 6.45) is 1.53. The highest BCUT2D eigenvalue weighted by Gasteiger charge is 2.07. The van der Waals surface area contributed by atoms with Crippen LogP contribution in [0.25, 0.3) is 0 Å². The molecule has 0 fully saturated rings. The monoisotopic (exact) mass is 438 g/mol. The number of hydrogen-bond donors (Lipinski definition) is 1. The molecule has 3 aromatic carbocycles. The van der Waals surface area contributed by atoms with Crippen LogP contribution in [0.5, 0.6) is 5.75 Å². The molecule has 0 unspecified atom stereocenters. The predicted octanol–water partition coefficient (Wildman–Crippen LogP) is 4.94. The zero-order valence-electron chi connectivity index (χ0n) is 16.0. The number of halogens is 1. The van der Waals surface area contributed by atoms with Crippen molar-refractivity contribution in [3.8, 4) is 5.75 Å². The third-order valence-corrected chi connectivity index (χ3v) is 5.30. The Morgan fingerprint density at radius 1 is 0.967 bits per heavy atom. The highest BCUT2D eigenvalue weighted by Crippen LogP contribution is 2.20. The average Bonchev–Trinajstić information content (AvgIpc) is 2.77. The Bertz CT molecular complexity index is 1020. The van der Waals surface area contributed by atoms with Gasteiger partial charge in [-0.1, -0.05) is 48.0 Å². The molecule has 0 saturated carbocycles. The van der Waals surface area contributed by atoms with Gasteiger partial charge in [0.15, 0.2) is 0 Å². The molecule has 0 aliphatic heterocycles. The van der Waals surface area contributed by atoms with Crippen LogP contribution in [0.2, 0.25) is 5.02 Å². The van der Waals surface area contributed by atoms with Crippen molar-refractivity contribution in [3.63, 3.8) is 0 Å². The Morgan fingerprint density at radius 3 is 2.40 bits per heavy atom. The first-order valence-electron chi connectivity index (χ1n) is 9.12. The number of nitrogens with zero attached hydrogens (tertiary/aromatic N) is 1. The first kappa shape index (κ1) is 21.6. The summed E-state index contributed by atoms with van der Waals surface area (Å²) in [6.45, 7) is 0. The minimum absolute atomic E-state index is 0.197. The number of thioether (sulfide) groups is 1. The van der Waals surface area contributed by atoms with Gasteiger partial charge >= 0.3 is 5.97 Å². The van der Waals surface area contributed by atoms with Crippen LogP contribution in [-0.2, 0) is 10.5 Å². The van der Waals surface area contributed by atoms with Crippen molar-refractivity contribution in [2.75, 3.05) is 5.75 Å². The first-order chi connectivity index (χ1) is 14.6. The lowest BCUT2D eigenvalue weighted by molar-refractivity contribution is -0.118. The lowest BCUT2D eigenvalue weighted by atomic mass is 10.2. The Kier molecular flexibility index (Phi) is 8.06. The molecule has 0 atom stereocenters. The van der Waals surface area contributed by atoms with E-state index in [4.69, 9.17) is 16.3 Å². The van der Waals surface area contributed by atoms with Crippen LogP contribution in [0.15, 0.2) is 84.0 Å². The second kappa shape index (κ2) is 11.2. The second-order valence-electron chi connectivity index (χ2n) is 6.20. The fourth-order valence-corrected chi connectivity index (χ4v) is 3.55. The van der Waals surface area contributed by atoms with E-state index in [0.717, 1.165) is 11.1 Å². The molecule has 0 radical (unpaired) electrons. The van der Waals surface area contributed by atoms with Gasteiger partial charge in [-0.25, -0.2) is 10.2 Å². The van der Waals surface area contributed by atoms with Gasteiger partial charge in [-0.3, -0.25) is 4.79 Å². The van der Waals surface area contributed by atoms with Crippen molar-refractivity contribution in [1.82, 2.24) is 5.43 Å². The smallest absolute Gasteiger partial charge is 0.343 e. The molecular weight excluding hydrogens is 420 g/mol. The fourth-order valence-electron chi connectivity index (χ4n) is 2.44. The van der Waals surface area contributed by atoms with Crippen molar-refractivity contribution < 1.29 is 14.3 Å². The van der Waals surface area contributed by atoms with E-state index in [1.165, 1.54) is 18.0 Å². The number of benzene rings is 3. The minimum atomic E-state index is -0.418. The van der Waals surface area contributed by atoms with Crippen LogP contribution in [-0.4, -0.2) is 23.8 Å². The average molecular weight is 439 g/mol. The molecule has 1 N–H and O–H groups in total. The summed E-state index contributed by atoms with van der Waals surface area (Å²) in [7, 11) is 0. The van der Waals surface area contributed by atoms with Crippen LogP contribution in [0.4, 0.5) is 0 Å². The summed E-state index contributed by atoms with van der Waals surface area (Å²) < 4.78 is 5.32. The number of nitrogens with one attached hydrogen (secondary N) is 1. The summed E-state index contributed by atoms with van der Waals surface area (Å²) in [6, 6.07) is 23.2. The van der Waals surface area contributed by atoms with Crippen LogP contribution < -0.4 is 10.2 Å². The molecule has 0 saturated heterocycles. The highest BCUT2D eigenvalue weighted by atomic mass is 35.5. The first-order valence-corrected chi connectivity index (χ1v) is 10.7. The molecule has 0 bridgehead atoms. The van der Waals surface area contributed by atoms with Gasteiger partial charge in [0.2, 0.25) is 5.91 Å². The third kappa shape index (κ3) is 6.76. The van der Waals surface area contributed by atoms with Gasteiger partial charge in [-0.2, -0.15) is 5.10 Å². The molecule has 5 nitrogen and oxygen atoms in total. The van der Waals surface area contributed by atoms with E-state index in [1.807, 2.05) is 30.3 Å². The van der Waals surface area contributed by atoms with Gasteiger partial charge in [0, 0.05) is 10.8 Å². The number of hydrogen-bond acceptors (Lipinski definition) is 5. The standard InChI is InChI=1S/C23H19ClN2O3S/c24-21-9-5-4-8-19(21)15-30-16-22(27)26-25-14-17-10-12-20(13-11-17)29-23(28)18-6-2-1-3-7-18/h1-14H,15-16H2,(H,26,27). The zero-order valence-corrected chi connectivity index (χ0v) is 17.5. The molecular formula is C23H19ClN2O3S. The second-order valence-corrected chi connectivity index (χ2v) is 7.59. The van der Waals surface area contributed by atoms with E-state index in [-0.39, 0.29) is 11.7 Å². The molecule has 7 heteroatoms. The van der Waals surface area contributed by atoms with Gasteiger partial charge in [-0.05, 0) is 53.6 Å². The number of hydrazone groups is 1. The molecule has 30 heavy (non-hydrogen) atoms. The largest absolute Gasteiger partial charge is 0.423 e. The van der Waals surface area contributed by atoms with Gasteiger partial charge in [0.1, 0.15) is 5.75 Å². The minimum Gasteiger partial charge on any atom is -0.423 e. The molecule has 3 aromatic rings. The Labute approximate surface area is 184 Å². The maximum atomic E-state index is 12.0. The number of amides is 1. The van der Waals surface area contributed by atoms with E-state index < -0.39 is 5.97 Å². The van der Waals surface area contributed by atoms with Crippen LogP contribution in [0.3, 0.4) is 0 Å². The van der Waals surface area contributed by atoms with Crippen LogP contribution in [0, 0.1) is 0 Å². The van der Waals surface area contributed by atoms with Gasteiger partial charge in [-0.15, -0.1) is 11.8 Å². The zero-order chi connectivity index (χ0) is 21.2. The van der Waals surface area contributed by atoms with Gasteiger partial charge < -0.3 is 4.74 Å². The Hall–Kier alpha value is -3.09. The number of esters is 1. The molecule has 3 rings (SSSR count). The van der Waals surface area contributed by atoms with Crippen molar-refractivity contribution in [3.05, 3.63) is 101 Å². The Morgan fingerprint density at radius 2 is 1.67 bits per heavy atom. The summed E-state index contributed by atoms with van der Waals surface area (Å²) in [5.41, 5.74) is 4.73. The molecule has 0 aliphatic rings. The van der Waals surface area contributed by atoms with Gasteiger partial charge in [0.25, 0.3) is 0 Å². The van der Waals surface area contributed by atoms with E-state index in [9.17, 15) is 9.59 Å². The lowest BCUT2D eigenvalue weighted by Gasteiger charge is -2.04. The maximum Gasteiger partial charge on any atom is 0.343 e. The van der Waals surface area contributed by atoms with Crippen molar-refractivity contribution in [2.24, 2.45) is 5.10 Å². The molecule has 1 amide bonds.